The van der Waals surface area contributed by atoms with E-state index in [0.29, 0.717) is 17.2 Å². The van der Waals surface area contributed by atoms with Gasteiger partial charge in [0, 0.05) is 5.69 Å². The van der Waals surface area contributed by atoms with Gasteiger partial charge in [0.05, 0.1) is 11.8 Å². The van der Waals surface area contributed by atoms with E-state index in [-0.39, 0.29) is 35.5 Å². The molecular weight excluding hydrogens is 436 g/mol. The zero-order valence-corrected chi connectivity index (χ0v) is 18.5. The van der Waals surface area contributed by atoms with Gasteiger partial charge in [0.15, 0.2) is 6.61 Å². The summed E-state index contributed by atoms with van der Waals surface area (Å²) in [6.07, 6.45) is 4.81. The van der Waals surface area contributed by atoms with Gasteiger partial charge in [-0.2, -0.15) is 0 Å². The van der Waals surface area contributed by atoms with Crippen LogP contribution in [0.1, 0.15) is 13.3 Å². The maximum atomic E-state index is 12.8. The number of anilines is 1. The lowest BCUT2D eigenvalue weighted by molar-refractivity contribution is -0.159. The molecule has 3 aliphatic rings. The Labute approximate surface area is 196 Å². The van der Waals surface area contributed by atoms with Crippen LogP contribution < -0.4 is 10.1 Å². The highest BCUT2D eigenvalue weighted by molar-refractivity contribution is 6.09. The van der Waals surface area contributed by atoms with Gasteiger partial charge < -0.3 is 14.8 Å². The number of nitrogens with one attached hydrogen (secondary N) is 1. The lowest BCUT2D eigenvalue weighted by atomic mass is 9.85. The third kappa shape index (κ3) is 3.96. The molecule has 1 N–H and O–H groups in total. The molecular formula is C26H24N2O6. The summed E-state index contributed by atoms with van der Waals surface area (Å²) in [5, 5.41) is 2.64. The van der Waals surface area contributed by atoms with Crippen molar-refractivity contribution in [2.45, 2.75) is 19.4 Å². The number of imide groups is 1. The lowest BCUT2D eigenvalue weighted by Crippen LogP contribution is -2.45. The second-order valence-corrected chi connectivity index (χ2v) is 8.82. The largest absolute Gasteiger partial charge is 0.457 e. The number of rotatable bonds is 7. The number of ether oxygens (including phenoxy) is 2. The molecule has 2 bridgehead atoms. The Kier molecular flexibility index (Phi) is 5.65. The highest BCUT2D eigenvalue weighted by Gasteiger charge is 2.60. The van der Waals surface area contributed by atoms with Crippen molar-refractivity contribution in [1.82, 2.24) is 4.90 Å². The van der Waals surface area contributed by atoms with E-state index < -0.39 is 24.5 Å². The van der Waals surface area contributed by atoms with E-state index in [2.05, 4.69) is 5.32 Å². The van der Waals surface area contributed by atoms with Crippen molar-refractivity contribution in [2.24, 2.45) is 23.7 Å². The number of nitrogens with zero attached hydrogens (tertiary/aromatic N) is 1. The quantitative estimate of drug-likeness (QED) is 0.387. The van der Waals surface area contributed by atoms with Gasteiger partial charge in [0.25, 0.3) is 5.91 Å². The fourth-order valence-electron chi connectivity index (χ4n) is 5.10. The standard InChI is InChI=1S/C26H24N2O6/c1-15(28-24(30)22-16-7-8-17(13-16)23(22)25(28)31)26(32)33-14-21(29)27-18-9-11-20(12-10-18)34-19-5-3-2-4-6-19/h2-12,15-17,22-23H,13-14H2,1H3,(H,27,29)/t15-,16+,17+,22+,23+/m1/s1. The summed E-state index contributed by atoms with van der Waals surface area (Å²) in [4.78, 5) is 51.4. The number of amides is 3. The van der Waals surface area contributed by atoms with Crippen molar-refractivity contribution in [3.63, 3.8) is 0 Å². The number of hydrogen-bond acceptors (Lipinski definition) is 6. The maximum absolute atomic E-state index is 12.8. The van der Waals surface area contributed by atoms with Gasteiger partial charge in [-0.1, -0.05) is 30.4 Å². The molecule has 0 spiro atoms. The molecule has 174 valence electrons. The number of benzene rings is 2. The van der Waals surface area contributed by atoms with Crippen molar-refractivity contribution in [2.75, 3.05) is 11.9 Å². The van der Waals surface area contributed by atoms with E-state index in [1.54, 1.807) is 24.3 Å². The van der Waals surface area contributed by atoms with Crippen LogP contribution in [-0.2, 0) is 23.9 Å². The van der Waals surface area contributed by atoms with Crippen molar-refractivity contribution in [3.8, 4) is 11.5 Å². The SMILES string of the molecule is C[C@H](C(=O)OCC(=O)Nc1ccc(Oc2ccccc2)cc1)N1C(=O)[C@@H]2[C@@H](C1=O)[C@H]1C=C[C@H]2C1. The molecule has 3 amide bonds. The van der Waals surface area contributed by atoms with Crippen LogP contribution in [0, 0.1) is 23.7 Å². The summed E-state index contributed by atoms with van der Waals surface area (Å²) in [5.41, 5.74) is 0.509. The smallest absolute Gasteiger partial charge is 0.329 e. The summed E-state index contributed by atoms with van der Waals surface area (Å²) in [7, 11) is 0. The Morgan fingerprint density at radius 3 is 2.15 bits per heavy atom. The zero-order valence-electron chi connectivity index (χ0n) is 18.5. The van der Waals surface area contributed by atoms with Crippen LogP contribution in [0.25, 0.3) is 0 Å². The predicted molar refractivity (Wildman–Crippen MR) is 122 cm³/mol. The molecule has 1 saturated carbocycles. The monoisotopic (exact) mass is 460 g/mol. The minimum absolute atomic E-state index is 0.0647. The number of fused-ring (bicyclic) bond motifs is 5. The Bertz CT molecular complexity index is 1130. The first-order valence-corrected chi connectivity index (χ1v) is 11.3. The molecule has 34 heavy (non-hydrogen) atoms. The van der Waals surface area contributed by atoms with Crippen LogP contribution in [0.4, 0.5) is 5.69 Å². The molecule has 1 aliphatic heterocycles. The van der Waals surface area contributed by atoms with Crippen LogP contribution in [-0.4, -0.2) is 41.2 Å². The minimum Gasteiger partial charge on any atom is -0.457 e. The molecule has 5 atom stereocenters. The van der Waals surface area contributed by atoms with Crippen molar-refractivity contribution < 1.29 is 28.7 Å². The maximum Gasteiger partial charge on any atom is 0.329 e. The second-order valence-electron chi connectivity index (χ2n) is 8.82. The number of esters is 1. The van der Waals surface area contributed by atoms with Gasteiger partial charge in [-0.25, -0.2) is 4.79 Å². The molecule has 0 aromatic heterocycles. The van der Waals surface area contributed by atoms with Crippen LogP contribution in [0.15, 0.2) is 66.7 Å². The summed E-state index contributed by atoms with van der Waals surface area (Å²) in [5.74, 6) is -1.29. The number of carbonyl (C=O) groups is 4. The first kappa shape index (κ1) is 21.9. The number of allylic oxidation sites excluding steroid dienone is 2. The second kappa shape index (κ2) is 8.78. The first-order chi connectivity index (χ1) is 16.4. The lowest BCUT2D eigenvalue weighted by Gasteiger charge is -2.23. The molecule has 2 aliphatic carbocycles. The Hall–Kier alpha value is -3.94. The molecule has 8 heteroatoms. The molecule has 5 rings (SSSR count). The molecule has 2 aromatic carbocycles. The number of hydrogen-bond donors (Lipinski definition) is 1. The van der Waals surface area contributed by atoms with E-state index in [4.69, 9.17) is 9.47 Å². The van der Waals surface area contributed by atoms with Crippen LogP contribution in [0.5, 0.6) is 11.5 Å². The van der Waals surface area contributed by atoms with Gasteiger partial charge in [0.2, 0.25) is 11.8 Å². The molecule has 1 heterocycles. The van der Waals surface area contributed by atoms with Crippen LogP contribution >= 0.6 is 0 Å². The molecule has 2 fully saturated rings. The van der Waals surface area contributed by atoms with Crippen molar-refractivity contribution >= 4 is 29.4 Å². The average Bonchev–Trinajstić information content (AvgIpc) is 3.52. The van der Waals surface area contributed by atoms with Gasteiger partial charge in [-0.3, -0.25) is 19.3 Å². The molecule has 1 saturated heterocycles. The van der Waals surface area contributed by atoms with Gasteiger partial charge in [-0.15, -0.1) is 0 Å². The molecule has 8 nitrogen and oxygen atoms in total. The van der Waals surface area contributed by atoms with Crippen molar-refractivity contribution in [3.05, 3.63) is 66.7 Å². The summed E-state index contributed by atoms with van der Waals surface area (Å²) in [6, 6.07) is 15.0. The predicted octanol–water partition coefficient (Wildman–Crippen LogP) is 3.16. The van der Waals surface area contributed by atoms with Gasteiger partial charge in [-0.05, 0) is 61.6 Å². The van der Waals surface area contributed by atoms with Crippen molar-refractivity contribution in [1.29, 1.82) is 0 Å². The fraction of sp³-hybridized carbons (Fsp3) is 0.308. The number of likely N-dealkylation sites (tertiary alicyclic amines) is 1. The minimum atomic E-state index is -1.08. The normalized spacial score (nSPS) is 25.3. The Balaban J connectivity index is 1.12. The molecule has 0 radical (unpaired) electrons. The highest BCUT2D eigenvalue weighted by atomic mass is 16.5. The molecule has 2 aromatic rings. The Morgan fingerprint density at radius 2 is 1.53 bits per heavy atom. The van der Waals surface area contributed by atoms with E-state index in [1.807, 2.05) is 42.5 Å². The average molecular weight is 460 g/mol. The van der Waals surface area contributed by atoms with Gasteiger partial charge >= 0.3 is 5.97 Å². The Morgan fingerprint density at radius 1 is 0.941 bits per heavy atom. The topological polar surface area (TPSA) is 102 Å². The first-order valence-electron chi connectivity index (χ1n) is 11.3. The third-order valence-corrected chi connectivity index (χ3v) is 6.70. The summed E-state index contributed by atoms with van der Waals surface area (Å²) < 4.78 is 10.8. The number of carbonyl (C=O) groups excluding carboxylic acids is 4. The van der Waals surface area contributed by atoms with Gasteiger partial charge in [0.1, 0.15) is 17.5 Å². The zero-order chi connectivity index (χ0) is 23.8. The fourth-order valence-corrected chi connectivity index (χ4v) is 5.10. The van der Waals surface area contributed by atoms with Crippen LogP contribution in [0.2, 0.25) is 0 Å². The third-order valence-electron chi connectivity index (χ3n) is 6.70. The van der Waals surface area contributed by atoms with Crippen LogP contribution in [0.3, 0.4) is 0 Å². The highest BCUT2D eigenvalue weighted by Crippen LogP contribution is 2.52. The summed E-state index contributed by atoms with van der Waals surface area (Å²) >= 11 is 0. The molecule has 0 unspecified atom stereocenters. The van der Waals surface area contributed by atoms with E-state index in [9.17, 15) is 19.2 Å². The summed E-state index contributed by atoms with van der Waals surface area (Å²) in [6.45, 7) is 0.930. The van der Waals surface area contributed by atoms with E-state index >= 15 is 0 Å². The van der Waals surface area contributed by atoms with E-state index in [1.165, 1.54) is 6.92 Å². The number of para-hydroxylation sites is 1. The van der Waals surface area contributed by atoms with E-state index in [0.717, 1.165) is 11.3 Å².